The molecule has 0 aliphatic carbocycles. The number of amides is 2. The van der Waals surface area contributed by atoms with E-state index < -0.39 is 5.97 Å². The lowest BCUT2D eigenvalue weighted by molar-refractivity contribution is -0.137. The first kappa shape index (κ1) is 12.5. The topological polar surface area (TPSA) is 70.1 Å². The van der Waals surface area contributed by atoms with Gasteiger partial charge in [0.1, 0.15) is 6.54 Å². The van der Waals surface area contributed by atoms with Gasteiger partial charge in [0.05, 0.1) is 13.2 Å². The second-order valence-electron chi connectivity index (χ2n) is 3.44. The lowest BCUT2D eigenvalue weighted by Crippen LogP contribution is -2.49. The summed E-state index contributed by atoms with van der Waals surface area (Å²) in [6.45, 7) is 5.45. The number of carboxylic acids is 1. The maximum Gasteiger partial charge on any atom is 0.323 e. The van der Waals surface area contributed by atoms with Crippen molar-refractivity contribution in [1.82, 2.24) is 9.80 Å². The van der Waals surface area contributed by atoms with Crippen molar-refractivity contribution in [2.24, 2.45) is 0 Å². The summed E-state index contributed by atoms with van der Waals surface area (Å²) in [6.07, 6.45) is 1.52. The number of aliphatic carboxylic acids is 1. The Morgan fingerprint density at radius 2 is 2.06 bits per heavy atom. The summed E-state index contributed by atoms with van der Waals surface area (Å²) in [7, 11) is 0. The average Bonchev–Trinajstić information content (AvgIpc) is 2.28. The molecule has 0 radical (unpaired) electrons. The van der Waals surface area contributed by atoms with Crippen molar-refractivity contribution in [3.05, 3.63) is 12.7 Å². The van der Waals surface area contributed by atoms with Gasteiger partial charge in [-0.1, -0.05) is 6.08 Å². The molecule has 0 atom stereocenters. The summed E-state index contributed by atoms with van der Waals surface area (Å²) in [4.78, 5) is 25.4. The maximum atomic E-state index is 11.9. The number of rotatable bonds is 4. The number of carboxylic acid groups (broad SMARTS) is 1. The largest absolute Gasteiger partial charge is 0.480 e. The summed E-state index contributed by atoms with van der Waals surface area (Å²) in [6, 6.07) is -0.273. The van der Waals surface area contributed by atoms with Crippen LogP contribution in [0.2, 0.25) is 0 Å². The Morgan fingerprint density at radius 3 is 2.56 bits per heavy atom. The molecule has 1 heterocycles. The summed E-state index contributed by atoms with van der Waals surface area (Å²) in [5.74, 6) is -1.02. The van der Waals surface area contributed by atoms with Gasteiger partial charge in [-0.05, 0) is 0 Å². The molecule has 90 valence electrons. The van der Waals surface area contributed by atoms with E-state index in [1.54, 1.807) is 4.90 Å². The highest BCUT2D eigenvalue weighted by molar-refractivity contribution is 5.80. The van der Waals surface area contributed by atoms with Crippen molar-refractivity contribution in [1.29, 1.82) is 0 Å². The van der Waals surface area contributed by atoms with Crippen LogP contribution in [-0.4, -0.2) is 66.3 Å². The third kappa shape index (κ3) is 3.54. The Labute approximate surface area is 94.1 Å². The number of urea groups is 1. The highest BCUT2D eigenvalue weighted by Crippen LogP contribution is 2.03. The van der Waals surface area contributed by atoms with E-state index >= 15 is 0 Å². The predicted molar refractivity (Wildman–Crippen MR) is 57.2 cm³/mol. The van der Waals surface area contributed by atoms with E-state index in [4.69, 9.17) is 9.84 Å². The first-order chi connectivity index (χ1) is 7.65. The lowest BCUT2D eigenvalue weighted by atomic mass is 10.4. The molecule has 6 heteroatoms. The Morgan fingerprint density at radius 1 is 1.44 bits per heavy atom. The third-order valence-electron chi connectivity index (χ3n) is 2.23. The summed E-state index contributed by atoms with van der Waals surface area (Å²) >= 11 is 0. The number of hydrogen-bond donors (Lipinski definition) is 1. The van der Waals surface area contributed by atoms with Crippen LogP contribution in [0.1, 0.15) is 0 Å². The molecule has 2 amide bonds. The first-order valence-electron chi connectivity index (χ1n) is 5.09. The Kier molecular flexibility index (Phi) is 4.78. The van der Waals surface area contributed by atoms with Crippen LogP contribution in [0.25, 0.3) is 0 Å². The van der Waals surface area contributed by atoms with Gasteiger partial charge in [0.25, 0.3) is 0 Å². The monoisotopic (exact) mass is 228 g/mol. The third-order valence-corrected chi connectivity index (χ3v) is 2.23. The number of carbonyl (C=O) groups excluding carboxylic acids is 1. The van der Waals surface area contributed by atoms with Gasteiger partial charge in [-0.2, -0.15) is 0 Å². The molecule has 1 fully saturated rings. The molecule has 1 N–H and O–H groups in total. The maximum absolute atomic E-state index is 11.9. The van der Waals surface area contributed by atoms with Gasteiger partial charge in [-0.15, -0.1) is 6.58 Å². The van der Waals surface area contributed by atoms with E-state index in [9.17, 15) is 9.59 Å². The van der Waals surface area contributed by atoms with Gasteiger partial charge in [0, 0.05) is 19.6 Å². The molecule has 1 aliphatic rings. The molecule has 6 nitrogen and oxygen atoms in total. The molecule has 16 heavy (non-hydrogen) atoms. The molecular formula is C10H16N2O4. The fraction of sp³-hybridized carbons (Fsp3) is 0.600. The molecular weight excluding hydrogens is 212 g/mol. The van der Waals surface area contributed by atoms with Crippen LogP contribution < -0.4 is 0 Å². The van der Waals surface area contributed by atoms with Crippen molar-refractivity contribution in [2.75, 3.05) is 39.4 Å². The number of carbonyl (C=O) groups is 2. The minimum Gasteiger partial charge on any atom is -0.480 e. The quantitative estimate of drug-likeness (QED) is 0.688. The Bertz CT molecular complexity index is 274. The number of hydrogen-bond acceptors (Lipinski definition) is 3. The van der Waals surface area contributed by atoms with Crippen LogP contribution in [0.3, 0.4) is 0 Å². The second-order valence-corrected chi connectivity index (χ2v) is 3.44. The van der Waals surface area contributed by atoms with E-state index in [0.29, 0.717) is 26.3 Å². The van der Waals surface area contributed by atoms with Crippen molar-refractivity contribution >= 4 is 12.0 Å². The summed E-state index contributed by atoms with van der Waals surface area (Å²) < 4.78 is 5.12. The molecule has 0 aromatic heterocycles. The van der Waals surface area contributed by atoms with Crippen LogP contribution in [0.15, 0.2) is 12.7 Å². The van der Waals surface area contributed by atoms with E-state index in [1.807, 2.05) is 0 Å². The molecule has 1 saturated heterocycles. The number of nitrogens with zero attached hydrogens (tertiary/aromatic N) is 2. The van der Waals surface area contributed by atoms with Gasteiger partial charge in [-0.3, -0.25) is 4.79 Å². The van der Waals surface area contributed by atoms with Gasteiger partial charge in [0.2, 0.25) is 0 Å². The minimum atomic E-state index is -1.02. The van der Waals surface area contributed by atoms with E-state index in [-0.39, 0.29) is 19.1 Å². The van der Waals surface area contributed by atoms with E-state index in [1.165, 1.54) is 11.0 Å². The highest BCUT2D eigenvalue weighted by Gasteiger charge is 2.23. The zero-order valence-electron chi connectivity index (χ0n) is 9.09. The number of morpholine rings is 1. The molecule has 0 saturated carbocycles. The van der Waals surface area contributed by atoms with Crippen LogP contribution in [-0.2, 0) is 9.53 Å². The van der Waals surface area contributed by atoms with Crippen LogP contribution in [0.5, 0.6) is 0 Å². The molecule has 0 unspecified atom stereocenters. The molecule has 0 spiro atoms. The molecule has 1 aliphatic heterocycles. The van der Waals surface area contributed by atoms with Crippen molar-refractivity contribution in [3.63, 3.8) is 0 Å². The second kappa shape index (κ2) is 6.12. The van der Waals surface area contributed by atoms with E-state index in [2.05, 4.69) is 6.58 Å². The van der Waals surface area contributed by atoms with Crippen molar-refractivity contribution < 1.29 is 19.4 Å². The van der Waals surface area contributed by atoms with Gasteiger partial charge in [0.15, 0.2) is 0 Å². The zero-order chi connectivity index (χ0) is 12.0. The van der Waals surface area contributed by atoms with Crippen LogP contribution in [0, 0.1) is 0 Å². The van der Waals surface area contributed by atoms with Gasteiger partial charge in [-0.25, -0.2) is 4.79 Å². The molecule has 0 aromatic carbocycles. The normalized spacial score (nSPS) is 15.6. The highest BCUT2D eigenvalue weighted by atomic mass is 16.5. The van der Waals surface area contributed by atoms with Gasteiger partial charge >= 0.3 is 12.0 Å². The Hall–Kier alpha value is -1.56. The molecule has 1 rings (SSSR count). The fourth-order valence-corrected chi connectivity index (χ4v) is 1.48. The standard InChI is InChI=1S/C10H16N2O4/c1-2-3-12(8-9(13)14)10(15)11-4-6-16-7-5-11/h2H,1,3-8H2,(H,13,14). The van der Waals surface area contributed by atoms with Gasteiger partial charge < -0.3 is 19.6 Å². The molecule has 0 bridgehead atoms. The van der Waals surface area contributed by atoms with Crippen molar-refractivity contribution in [2.45, 2.75) is 0 Å². The van der Waals surface area contributed by atoms with E-state index in [0.717, 1.165) is 0 Å². The fourth-order valence-electron chi connectivity index (χ4n) is 1.48. The SMILES string of the molecule is C=CCN(CC(=O)O)C(=O)N1CCOCC1. The van der Waals surface area contributed by atoms with Crippen LogP contribution in [0.4, 0.5) is 4.79 Å². The minimum absolute atomic E-state index is 0.239. The van der Waals surface area contributed by atoms with Crippen molar-refractivity contribution in [3.8, 4) is 0 Å². The summed E-state index contributed by atoms with van der Waals surface area (Å²) in [5.41, 5.74) is 0. The zero-order valence-corrected chi connectivity index (χ0v) is 9.09. The predicted octanol–water partition coefficient (Wildman–Crippen LogP) is 0.0112. The average molecular weight is 228 g/mol. The lowest BCUT2D eigenvalue weighted by Gasteiger charge is -2.31. The smallest absolute Gasteiger partial charge is 0.323 e. The van der Waals surface area contributed by atoms with Crippen LogP contribution >= 0.6 is 0 Å². The molecule has 0 aromatic rings. The summed E-state index contributed by atoms with van der Waals surface area (Å²) in [5, 5.41) is 8.69. The number of ether oxygens (including phenoxy) is 1. The first-order valence-corrected chi connectivity index (χ1v) is 5.09. The Balaban J connectivity index is 2.57.